The number of hydrogen-bond donors (Lipinski definition) is 0. The summed E-state index contributed by atoms with van der Waals surface area (Å²) in [6, 6.07) is 35.3. The Bertz CT molecular complexity index is 2030. The van der Waals surface area contributed by atoms with E-state index in [1.807, 2.05) is 129 Å². The van der Waals surface area contributed by atoms with Gasteiger partial charge in [-0.2, -0.15) is 10.4 Å². The molecular formula is C39H32N4O3. The van der Waals surface area contributed by atoms with Gasteiger partial charge in [-0.05, 0) is 79.4 Å². The molecule has 0 atom stereocenters. The van der Waals surface area contributed by atoms with Crippen molar-refractivity contribution in [2.45, 2.75) is 33.9 Å². The molecule has 226 valence electrons. The van der Waals surface area contributed by atoms with Crippen LogP contribution < -0.4 is 4.74 Å². The van der Waals surface area contributed by atoms with Gasteiger partial charge in [0.2, 0.25) is 0 Å². The molecule has 0 fully saturated rings. The van der Waals surface area contributed by atoms with Crippen molar-refractivity contribution in [1.82, 2.24) is 14.7 Å². The summed E-state index contributed by atoms with van der Waals surface area (Å²) < 4.78 is 7.88. The lowest BCUT2D eigenvalue weighted by molar-refractivity contribution is -0.141. The van der Waals surface area contributed by atoms with E-state index in [1.165, 1.54) is 0 Å². The maximum Gasteiger partial charge on any atom is 0.271 e. The smallest absolute Gasteiger partial charge is 0.271 e. The van der Waals surface area contributed by atoms with Gasteiger partial charge in [0.1, 0.15) is 24.0 Å². The summed E-state index contributed by atoms with van der Waals surface area (Å²) in [6.07, 6.45) is 3.60. The minimum Gasteiger partial charge on any atom is -0.489 e. The first-order valence-corrected chi connectivity index (χ1v) is 15.0. The summed E-state index contributed by atoms with van der Waals surface area (Å²) in [5.41, 5.74) is 7.46. The van der Waals surface area contributed by atoms with Crippen molar-refractivity contribution < 1.29 is 14.3 Å². The fourth-order valence-corrected chi connectivity index (χ4v) is 5.43. The Kier molecular flexibility index (Phi) is 8.44. The lowest BCUT2D eigenvalue weighted by Crippen LogP contribution is -2.42. The van der Waals surface area contributed by atoms with Gasteiger partial charge in [0, 0.05) is 22.9 Å². The molecule has 1 aliphatic rings. The molecule has 46 heavy (non-hydrogen) atoms. The maximum absolute atomic E-state index is 13.9. The Morgan fingerprint density at radius 1 is 0.826 bits per heavy atom. The van der Waals surface area contributed by atoms with Crippen LogP contribution in [0.5, 0.6) is 5.75 Å². The van der Waals surface area contributed by atoms with E-state index >= 15 is 0 Å². The normalized spacial score (nSPS) is 14.1. The van der Waals surface area contributed by atoms with Gasteiger partial charge < -0.3 is 4.74 Å². The molecule has 0 saturated carbocycles. The zero-order valence-corrected chi connectivity index (χ0v) is 25.9. The van der Waals surface area contributed by atoms with E-state index in [4.69, 9.17) is 9.84 Å². The third-order valence-corrected chi connectivity index (χ3v) is 8.04. The van der Waals surface area contributed by atoms with Gasteiger partial charge in [0.05, 0.1) is 17.9 Å². The summed E-state index contributed by atoms with van der Waals surface area (Å²) in [5.74, 6) is -0.286. The van der Waals surface area contributed by atoms with Crippen LogP contribution in [0.2, 0.25) is 0 Å². The number of aromatic nitrogens is 2. The first-order valence-electron chi connectivity index (χ1n) is 15.0. The van der Waals surface area contributed by atoms with Crippen LogP contribution in [0.25, 0.3) is 23.0 Å². The molecule has 1 aromatic heterocycles. The second-order valence-corrected chi connectivity index (χ2v) is 11.3. The Balaban J connectivity index is 1.41. The lowest BCUT2D eigenvalue weighted by Gasteiger charge is -2.27. The van der Waals surface area contributed by atoms with Gasteiger partial charge in [-0.3, -0.25) is 14.5 Å². The molecule has 2 amide bonds. The van der Waals surface area contributed by atoms with Gasteiger partial charge >= 0.3 is 0 Å². The molecule has 7 nitrogen and oxygen atoms in total. The SMILES string of the molecule is CC1=C(C#N)C(=O)N(Cc2ccc(C)cc2)C(=O)/C1=C/c1cn(-c2ccccc2)nc1-c1ccc(OCc2ccccc2)c(C)c1. The Morgan fingerprint density at radius 2 is 1.52 bits per heavy atom. The van der Waals surface area contributed by atoms with Crippen molar-refractivity contribution in [1.29, 1.82) is 5.26 Å². The number of nitrogens with zero attached hydrogens (tertiary/aromatic N) is 4. The Morgan fingerprint density at radius 3 is 2.20 bits per heavy atom. The van der Waals surface area contributed by atoms with Gasteiger partial charge in [-0.25, -0.2) is 4.68 Å². The quantitative estimate of drug-likeness (QED) is 0.135. The number of amides is 2. The van der Waals surface area contributed by atoms with Crippen LogP contribution in [0, 0.1) is 25.2 Å². The Hall–Kier alpha value is -6.00. The zero-order valence-electron chi connectivity index (χ0n) is 25.9. The van der Waals surface area contributed by atoms with Crippen molar-refractivity contribution >= 4 is 17.9 Å². The number of benzene rings is 4. The minimum atomic E-state index is -0.593. The van der Waals surface area contributed by atoms with Gasteiger partial charge in [-0.15, -0.1) is 0 Å². The molecule has 4 aromatic carbocycles. The summed E-state index contributed by atoms with van der Waals surface area (Å²) in [4.78, 5) is 28.4. The number of carbonyl (C=O) groups is 2. The number of rotatable bonds is 8. The fourth-order valence-electron chi connectivity index (χ4n) is 5.43. The highest BCUT2D eigenvalue weighted by molar-refractivity contribution is 6.19. The Labute approximate surface area is 268 Å². The second kappa shape index (κ2) is 12.9. The summed E-state index contributed by atoms with van der Waals surface area (Å²) in [6.45, 7) is 6.12. The van der Waals surface area contributed by atoms with E-state index in [0.717, 1.165) is 44.2 Å². The molecule has 0 saturated heterocycles. The first-order chi connectivity index (χ1) is 22.3. The largest absolute Gasteiger partial charge is 0.489 e. The highest BCUT2D eigenvalue weighted by atomic mass is 16.5. The van der Waals surface area contributed by atoms with Crippen LogP contribution in [0.3, 0.4) is 0 Å². The number of nitriles is 1. The molecule has 2 heterocycles. The average Bonchev–Trinajstić information content (AvgIpc) is 3.50. The monoisotopic (exact) mass is 604 g/mol. The predicted molar refractivity (Wildman–Crippen MR) is 178 cm³/mol. The van der Waals surface area contributed by atoms with Crippen LogP contribution in [0.1, 0.15) is 34.7 Å². The zero-order chi connectivity index (χ0) is 32.2. The van der Waals surface area contributed by atoms with E-state index in [2.05, 4.69) is 0 Å². The van der Waals surface area contributed by atoms with Crippen LogP contribution in [-0.2, 0) is 22.7 Å². The minimum absolute atomic E-state index is 0.0503. The maximum atomic E-state index is 13.9. The van der Waals surface area contributed by atoms with E-state index in [-0.39, 0.29) is 17.7 Å². The van der Waals surface area contributed by atoms with Crippen molar-refractivity contribution in [2.24, 2.45) is 0 Å². The number of ether oxygens (including phenoxy) is 1. The van der Waals surface area contributed by atoms with Crippen molar-refractivity contribution in [2.75, 3.05) is 0 Å². The molecular weight excluding hydrogens is 572 g/mol. The van der Waals surface area contributed by atoms with Crippen LogP contribution in [0.15, 0.2) is 126 Å². The molecule has 0 unspecified atom stereocenters. The number of carbonyl (C=O) groups excluding carboxylic acids is 2. The number of aryl methyl sites for hydroxylation is 2. The second-order valence-electron chi connectivity index (χ2n) is 11.3. The van der Waals surface area contributed by atoms with Crippen molar-refractivity contribution in [3.05, 3.63) is 154 Å². The molecule has 0 radical (unpaired) electrons. The molecule has 6 rings (SSSR count). The number of hydrogen-bond acceptors (Lipinski definition) is 5. The molecule has 1 aliphatic heterocycles. The molecule has 0 N–H and O–H groups in total. The van der Waals surface area contributed by atoms with Gasteiger partial charge in [-0.1, -0.05) is 78.4 Å². The highest BCUT2D eigenvalue weighted by Crippen LogP contribution is 2.33. The highest BCUT2D eigenvalue weighted by Gasteiger charge is 2.35. The number of para-hydroxylation sites is 1. The molecule has 0 bridgehead atoms. The van der Waals surface area contributed by atoms with E-state index in [0.29, 0.717) is 23.4 Å². The topological polar surface area (TPSA) is 88.2 Å². The molecule has 0 spiro atoms. The molecule has 7 heteroatoms. The van der Waals surface area contributed by atoms with E-state index in [9.17, 15) is 14.9 Å². The van der Waals surface area contributed by atoms with Crippen molar-refractivity contribution in [3.8, 4) is 28.8 Å². The van der Waals surface area contributed by atoms with Gasteiger partial charge in [0.15, 0.2) is 0 Å². The van der Waals surface area contributed by atoms with Crippen LogP contribution in [-0.4, -0.2) is 26.5 Å². The summed E-state index contributed by atoms with van der Waals surface area (Å²) >= 11 is 0. The standard InChI is InChI=1S/C39H32N4O3/c1-26-14-16-29(17-15-26)23-42-38(44)34(28(3)35(22-40)39(42)45)21-32-24-43(33-12-8-5-9-13-33)41-37(32)31-18-19-36(27(2)20-31)46-25-30-10-6-4-7-11-30/h4-21,24H,23,25H2,1-3H3/b34-21+. The summed E-state index contributed by atoms with van der Waals surface area (Å²) in [5, 5.41) is 14.9. The fraction of sp³-hybridized carbons (Fsp3) is 0.128. The van der Waals surface area contributed by atoms with Crippen LogP contribution >= 0.6 is 0 Å². The first kappa shape index (κ1) is 30.0. The number of imide groups is 1. The molecule has 5 aromatic rings. The van der Waals surface area contributed by atoms with Crippen molar-refractivity contribution in [3.63, 3.8) is 0 Å². The summed E-state index contributed by atoms with van der Waals surface area (Å²) in [7, 11) is 0. The van der Waals surface area contributed by atoms with Crippen LogP contribution in [0.4, 0.5) is 0 Å². The van der Waals surface area contributed by atoms with Gasteiger partial charge in [0.25, 0.3) is 11.8 Å². The molecule has 0 aliphatic carbocycles. The van der Waals surface area contributed by atoms with E-state index in [1.54, 1.807) is 17.7 Å². The third kappa shape index (κ3) is 6.15. The predicted octanol–water partition coefficient (Wildman–Crippen LogP) is 7.53. The third-order valence-electron chi connectivity index (χ3n) is 8.04. The van der Waals surface area contributed by atoms with E-state index < -0.39 is 11.8 Å². The average molecular weight is 605 g/mol. The lowest BCUT2D eigenvalue weighted by atomic mass is 9.92.